The van der Waals surface area contributed by atoms with E-state index < -0.39 is 0 Å². The monoisotopic (exact) mass is 126 g/mol. The van der Waals surface area contributed by atoms with Gasteiger partial charge in [0.05, 0.1) is 11.7 Å². The van der Waals surface area contributed by atoms with Crippen LogP contribution in [0.4, 0.5) is 0 Å². The largest absolute Gasteiger partial charge is 0.366 e. The van der Waals surface area contributed by atoms with Gasteiger partial charge in [0, 0.05) is 0 Å². The second-order valence-electron chi connectivity index (χ2n) is 3.63. The van der Waals surface area contributed by atoms with Gasteiger partial charge in [-0.3, -0.25) is 0 Å². The first-order chi connectivity index (χ1) is 4.24. The van der Waals surface area contributed by atoms with Crippen molar-refractivity contribution in [3.05, 3.63) is 0 Å². The van der Waals surface area contributed by atoms with Crippen LogP contribution >= 0.6 is 0 Å². The molecule has 1 aliphatic heterocycles. The van der Waals surface area contributed by atoms with Crippen molar-refractivity contribution in [3.63, 3.8) is 0 Å². The Bertz CT molecular complexity index is 133. The summed E-state index contributed by atoms with van der Waals surface area (Å²) in [6, 6.07) is 0. The molecule has 2 fully saturated rings. The van der Waals surface area contributed by atoms with E-state index in [-0.39, 0.29) is 0 Å². The number of rotatable bonds is 1. The lowest BCUT2D eigenvalue weighted by Crippen LogP contribution is -2.04. The molecular weight excluding hydrogens is 112 g/mol. The van der Waals surface area contributed by atoms with Gasteiger partial charge in [0.2, 0.25) is 0 Å². The molecular formula is C8H14O. The van der Waals surface area contributed by atoms with Gasteiger partial charge in [0.25, 0.3) is 0 Å². The first kappa shape index (κ1) is 5.72. The molecule has 52 valence electrons. The van der Waals surface area contributed by atoms with E-state index in [1.165, 1.54) is 19.3 Å². The molecule has 1 saturated heterocycles. The van der Waals surface area contributed by atoms with Crippen LogP contribution in [0.1, 0.15) is 33.1 Å². The summed E-state index contributed by atoms with van der Waals surface area (Å²) in [5, 5.41) is 0. The van der Waals surface area contributed by atoms with E-state index in [9.17, 15) is 0 Å². The Morgan fingerprint density at radius 3 is 2.78 bits per heavy atom. The lowest BCUT2D eigenvalue weighted by atomic mass is 10.0. The normalized spacial score (nSPS) is 55.3. The van der Waals surface area contributed by atoms with Crippen molar-refractivity contribution in [1.29, 1.82) is 0 Å². The molecule has 0 amide bonds. The summed E-state index contributed by atoms with van der Waals surface area (Å²) in [6.45, 7) is 4.52. The van der Waals surface area contributed by atoms with E-state index >= 15 is 0 Å². The van der Waals surface area contributed by atoms with Crippen LogP contribution in [0.3, 0.4) is 0 Å². The van der Waals surface area contributed by atoms with Crippen LogP contribution in [0.15, 0.2) is 0 Å². The fourth-order valence-corrected chi connectivity index (χ4v) is 2.04. The van der Waals surface area contributed by atoms with Gasteiger partial charge in [-0.25, -0.2) is 0 Å². The fourth-order valence-electron chi connectivity index (χ4n) is 2.04. The lowest BCUT2D eigenvalue weighted by Gasteiger charge is -2.08. The van der Waals surface area contributed by atoms with Crippen LogP contribution in [-0.4, -0.2) is 11.7 Å². The third kappa shape index (κ3) is 0.710. The summed E-state index contributed by atoms with van der Waals surface area (Å²) in [4.78, 5) is 0. The maximum atomic E-state index is 5.47. The summed E-state index contributed by atoms with van der Waals surface area (Å²) in [5.41, 5.74) is 0.334. The molecule has 9 heavy (non-hydrogen) atoms. The quantitative estimate of drug-likeness (QED) is 0.489. The van der Waals surface area contributed by atoms with Crippen LogP contribution in [0.25, 0.3) is 0 Å². The highest BCUT2D eigenvalue weighted by atomic mass is 16.6. The molecule has 0 radical (unpaired) electrons. The van der Waals surface area contributed by atoms with E-state index in [0.29, 0.717) is 11.7 Å². The summed E-state index contributed by atoms with van der Waals surface area (Å²) < 4.78 is 5.47. The van der Waals surface area contributed by atoms with E-state index in [1.54, 1.807) is 0 Å². The molecule has 0 N–H and O–H groups in total. The summed E-state index contributed by atoms with van der Waals surface area (Å²) >= 11 is 0. The van der Waals surface area contributed by atoms with Crippen LogP contribution < -0.4 is 0 Å². The van der Waals surface area contributed by atoms with Gasteiger partial charge >= 0.3 is 0 Å². The van der Waals surface area contributed by atoms with Crippen molar-refractivity contribution in [2.45, 2.75) is 44.8 Å². The lowest BCUT2D eigenvalue weighted by molar-refractivity contribution is 0.222. The van der Waals surface area contributed by atoms with Gasteiger partial charge < -0.3 is 4.74 Å². The Labute approximate surface area is 56.4 Å². The number of fused-ring (bicyclic) bond motifs is 1. The van der Waals surface area contributed by atoms with Crippen molar-refractivity contribution < 1.29 is 4.74 Å². The Balaban J connectivity index is 1.98. The maximum absolute atomic E-state index is 5.47. The first-order valence-corrected chi connectivity index (χ1v) is 3.92. The second-order valence-corrected chi connectivity index (χ2v) is 3.63. The highest BCUT2D eigenvalue weighted by Gasteiger charge is 2.58. The van der Waals surface area contributed by atoms with E-state index in [1.807, 2.05) is 0 Å². The third-order valence-corrected chi connectivity index (χ3v) is 2.85. The van der Waals surface area contributed by atoms with Crippen LogP contribution in [0.2, 0.25) is 0 Å². The van der Waals surface area contributed by atoms with Gasteiger partial charge in [-0.1, -0.05) is 13.3 Å². The van der Waals surface area contributed by atoms with E-state index in [4.69, 9.17) is 4.74 Å². The molecule has 1 saturated carbocycles. The predicted molar refractivity (Wildman–Crippen MR) is 36.3 cm³/mol. The van der Waals surface area contributed by atoms with Gasteiger partial charge in [-0.05, 0) is 25.7 Å². The molecule has 3 unspecified atom stereocenters. The summed E-state index contributed by atoms with van der Waals surface area (Å²) in [7, 11) is 0. The molecule has 1 heterocycles. The van der Waals surface area contributed by atoms with Gasteiger partial charge in [-0.15, -0.1) is 0 Å². The van der Waals surface area contributed by atoms with Crippen molar-refractivity contribution in [2.75, 3.05) is 0 Å². The smallest absolute Gasteiger partial charge is 0.0923 e. The Morgan fingerprint density at radius 2 is 2.44 bits per heavy atom. The van der Waals surface area contributed by atoms with Crippen molar-refractivity contribution in [1.82, 2.24) is 0 Å². The molecule has 2 rings (SSSR count). The van der Waals surface area contributed by atoms with E-state index in [0.717, 1.165) is 5.92 Å². The van der Waals surface area contributed by atoms with Crippen LogP contribution in [0, 0.1) is 5.92 Å². The fraction of sp³-hybridized carbons (Fsp3) is 1.00. The highest BCUT2D eigenvalue weighted by Crippen LogP contribution is 2.52. The third-order valence-electron chi connectivity index (χ3n) is 2.85. The van der Waals surface area contributed by atoms with Crippen LogP contribution in [-0.2, 0) is 4.74 Å². The molecule has 1 nitrogen and oxygen atoms in total. The summed E-state index contributed by atoms with van der Waals surface area (Å²) in [5.74, 6) is 0.966. The van der Waals surface area contributed by atoms with Gasteiger partial charge in [0.15, 0.2) is 0 Å². The Morgan fingerprint density at radius 1 is 1.67 bits per heavy atom. The van der Waals surface area contributed by atoms with Gasteiger partial charge in [0.1, 0.15) is 0 Å². The highest BCUT2D eigenvalue weighted by molar-refractivity contribution is 5.06. The number of ether oxygens (including phenoxy) is 1. The molecule has 1 heteroatoms. The molecule has 1 aliphatic carbocycles. The maximum Gasteiger partial charge on any atom is 0.0923 e. The zero-order valence-electron chi connectivity index (χ0n) is 6.18. The second kappa shape index (κ2) is 1.51. The zero-order valence-corrected chi connectivity index (χ0v) is 6.18. The number of epoxide rings is 1. The average Bonchev–Trinajstić information content (AvgIpc) is 2.33. The Kier molecular flexibility index (Phi) is 0.963. The zero-order chi connectivity index (χ0) is 6.48. The standard InChI is InChI=1S/C8H14O/c1-3-6-4-7-8(2,5-6)9-7/h6-7H,3-5H2,1-2H3. The van der Waals surface area contributed by atoms with Crippen molar-refractivity contribution in [3.8, 4) is 0 Å². The predicted octanol–water partition coefficient (Wildman–Crippen LogP) is 1.96. The minimum atomic E-state index is 0.334. The first-order valence-electron chi connectivity index (χ1n) is 3.92. The Hall–Kier alpha value is -0.0400. The van der Waals surface area contributed by atoms with E-state index in [2.05, 4.69) is 13.8 Å². The number of hydrogen-bond acceptors (Lipinski definition) is 1. The van der Waals surface area contributed by atoms with Crippen LogP contribution in [0.5, 0.6) is 0 Å². The minimum Gasteiger partial charge on any atom is -0.366 e. The minimum absolute atomic E-state index is 0.334. The molecule has 2 aliphatic rings. The molecule has 0 bridgehead atoms. The van der Waals surface area contributed by atoms with Gasteiger partial charge in [-0.2, -0.15) is 0 Å². The molecule has 0 aromatic carbocycles. The number of hydrogen-bond donors (Lipinski definition) is 0. The molecule has 0 aromatic heterocycles. The topological polar surface area (TPSA) is 12.5 Å². The van der Waals surface area contributed by atoms with Crippen molar-refractivity contribution >= 4 is 0 Å². The average molecular weight is 126 g/mol. The summed E-state index contributed by atoms with van der Waals surface area (Å²) in [6.07, 6.45) is 4.62. The molecule has 3 atom stereocenters. The SMILES string of the molecule is CCC1CC2OC2(C)C1. The van der Waals surface area contributed by atoms with Crippen molar-refractivity contribution in [2.24, 2.45) is 5.92 Å². The molecule has 0 spiro atoms. The molecule has 0 aromatic rings.